The fourth-order valence-electron chi connectivity index (χ4n) is 2.98. The van der Waals surface area contributed by atoms with Crippen LogP contribution in [0, 0.1) is 12.3 Å². The van der Waals surface area contributed by atoms with Gasteiger partial charge >= 0.3 is 0 Å². The smallest absolute Gasteiger partial charge is 0.291 e. The molecule has 0 amide bonds. The fourth-order valence-corrected chi connectivity index (χ4v) is 4.70. The van der Waals surface area contributed by atoms with Crippen molar-refractivity contribution >= 4 is 49.6 Å². The van der Waals surface area contributed by atoms with Gasteiger partial charge in [0.05, 0.1) is 28.6 Å². The minimum atomic E-state index is -0.159. The van der Waals surface area contributed by atoms with Crippen LogP contribution in [0.1, 0.15) is 15.6 Å². The highest BCUT2D eigenvalue weighted by atomic mass is 32.1. The lowest BCUT2D eigenvalue weighted by Crippen LogP contribution is -2.24. The van der Waals surface area contributed by atoms with Crippen molar-refractivity contribution < 1.29 is 0 Å². The van der Waals surface area contributed by atoms with Gasteiger partial charge in [-0.2, -0.15) is 5.10 Å². The number of allylic oxidation sites excluding steroid dienone is 1. The Morgan fingerprint density at radius 3 is 2.96 bits per heavy atom. The van der Waals surface area contributed by atoms with Crippen LogP contribution in [0.15, 0.2) is 28.8 Å². The van der Waals surface area contributed by atoms with Gasteiger partial charge in [-0.15, -0.1) is 22.7 Å². The molecule has 0 fully saturated rings. The highest BCUT2D eigenvalue weighted by molar-refractivity contribution is 7.19. The van der Waals surface area contributed by atoms with E-state index in [9.17, 15) is 4.79 Å². The van der Waals surface area contributed by atoms with Gasteiger partial charge in [0.1, 0.15) is 10.5 Å². The Bertz CT molecular complexity index is 1260. The fraction of sp³-hybridized carbons (Fsp3) is 0.235. The second-order valence-corrected chi connectivity index (χ2v) is 8.25. The van der Waals surface area contributed by atoms with Crippen LogP contribution in [0.3, 0.4) is 0 Å². The largest absolute Gasteiger partial charge is 0.405 e. The van der Waals surface area contributed by atoms with Crippen molar-refractivity contribution in [1.82, 2.24) is 24.3 Å². The Morgan fingerprint density at radius 1 is 1.44 bits per heavy atom. The number of rotatable bonds is 5. The first-order valence-electron chi connectivity index (χ1n) is 8.18. The zero-order valence-electron chi connectivity index (χ0n) is 14.8. The van der Waals surface area contributed by atoms with Crippen molar-refractivity contribution in [3.05, 3.63) is 49.9 Å². The molecule has 0 saturated carbocycles. The van der Waals surface area contributed by atoms with Crippen LogP contribution in [-0.4, -0.2) is 30.0 Å². The highest BCUT2D eigenvalue weighted by Gasteiger charge is 2.19. The Hall–Kier alpha value is -2.85. The molecule has 0 spiro atoms. The van der Waals surface area contributed by atoms with Gasteiger partial charge in [0, 0.05) is 29.4 Å². The zero-order chi connectivity index (χ0) is 19.1. The molecule has 8 nitrogen and oxygen atoms in total. The molecule has 0 bridgehead atoms. The predicted octanol–water partition coefficient (Wildman–Crippen LogP) is 2.19. The summed E-state index contributed by atoms with van der Waals surface area (Å²) in [6.45, 7) is 2.34. The lowest BCUT2D eigenvalue weighted by Gasteiger charge is -2.04. The molecule has 0 radical (unpaired) electrons. The molecule has 4 heterocycles. The average molecular weight is 400 g/mol. The van der Waals surface area contributed by atoms with Crippen LogP contribution < -0.4 is 11.3 Å². The molecule has 0 aliphatic heterocycles. The minimum absolute atomic E-state index is 0.159. The molecular formula is C17H17N7OS2. The monoisotopic (exact) mass is 399 g/mol. The Balaban J connectivity index is 1.79. The molecule has 27 heavy (non-hydrogen) atoms. The van der Waals surface area contributed by atoms with Crippen LogP contribution in [-0.2, 0) is 20.0 Å². The van der Waals surface area contributed by atoms with Crippen molar-refractivity contribution in [1.29, 1.82) is 5.41 Å². The molecule has 4 aromatic heterocycles. The number of nitrogens with zero attached hydrogens (tertiary/aromatic N) is 5. The van der Waals surface area contributed by atoms with Gasteiger partial charge in [-0.25, -0.2) is 14.6 Å². The molecule has 3 N–H and O–H groups in total. The molecule has 10 heteroatoms. The van der Waals surface area contributed by atoms with E-state index in [0.29, 0.717) is 24.2 Å². The third kappa shape index (κ3) is 2.96. The molecule has 0 unspecified atom stereocenters. The first-order chi connectivity index (χ1) is 13.0. The van der Waals surface area contributed by atoms with Crippen LogP contribution >= 0.6 is 22.7 Å². The highest BCUT2D eigenvalue weighted by Crippen LogP contribution is 2.31. The molecule has 138 valence electrons. The average Bonchev–Trinajstić information content (AvgIpc) is 3.28. The number of aromatic nitrogens is 5. The molecule has 4 rings (SSSR count). The summed E-state index contributed by atoms with van der Waals surface area (Å²) < 4.78 is 4.16. The third-order valence-corrected chi connectivity index (χ3v) is 6.23. The van der Waals surface area contributed by atoms with Crippen molar-refractivity contribution in [3.8, 4) is 0 Å². The van der Waals surface area contributed by atoms with Crippen LogP contribution in [0.25, 0.3) is 21.3 Å². The minimum Gasteiger partial charge on any atom is -0.405 e. The maximum atomic E-state index is 13.0. The number of nitrogens with two attached hydrogens (primary N) is 1. The summed E-state index contributed by atoms with van der Waals surface area (Å²) >= 11 is 3.03. The van der Waals surface area contributed by atoms with Crippen molar-refractivity contribution in [2.24, 2.45) is 12.8 Å². The maximum Gasteiger partial charge on any atom is 0.291 e. The summed E-state index contributed by atoms with van der Waals surface area (Å²) in [7, 11) is 1.83. The summed E-state index contributed by atoms with van der Waals surface area (Å²) in [6, 6.07) is 0. The molecular weight excluding hydrogens is 382 g/mol. The van der Waals surface area contributed by atoms with E-state index in [4.69, 9.17) is 11.1 Å². The molecule has 0 aliphatic rings. The number of aryl methyl sites for hydroxylation is 2. The summed E-state index contributed by atoms with van der Waals surface area (Å²) in [4.78, 5) is 23.0. The molecule has 0 aliphatic carbocycles. The van der Waals surface area contributed by atoms with E-state index in [-0.39, 0.29) is 5.56 Å². The number of nitrogens with one attached hydrogen (secondary N) is 1. The Morgan fingerprint density at radius 2 is 2.26 bits per heavy atom. The topological polar surface area (TPSA) is 115 Å². The van der Waals surface area contributed by atoms with Crippen LogP contribution in [0.2, 0.25) is 0 Å². The van der Waals surface area contributed by atoms with Gasteiger partial charge in [0.15, 0.2) is 5.65 Å². The number of fused-ring (bicyclic) bond motifs is 3. The number of thiazole rings is 2. The summed E-state index contributed by atoms with van der Waals surface area (Å²) in [6.07, 6.45) is 5.02. The summed E-state index contributed by atoms with van der Waals surface area (Å²) in [5.74, 6) is 0. The summed E-state index contributed by atoms with van der Waals surface area (Å²) in [5, 5.41) is 13.8. The van der Waals surface area contributed by atoms with E-state index in [1.807, 2.05) is 18.5 Å². The second-order valence-electron chi connectivity index (χ2n) is 6.11. The molecule has 0 aromatic carbocycles. The zero-order valence-corrected chi connectivity index (χ0v) is 16.4. The lowest BCUT2D eigenvalue weighted by molar-refractivity contribution is 0.633. The predicted molar refractivity (Wildman–Crippen MR) is 109 cm³/mol. The Labute approximate surface area is 162 Å². The molecule has 4 aromatic rings. The van der Waals surface area contributed by atoms with Gasteiger partial charge in [-0.05, 0) is 19.2 Å². The van der Waals surface area contributed by atoms with Gasteiger partial charge in [-0.1, -0.05) is 0 Å². The lowest BCUT2D eigenvalue weighted by atomic mass is 10.3. The van der Waals surface area contributed by atoms with Gasteiger partial charge in [0.2, 0.25) is 0 Å². The number of hydrogen-bond acceptors (Lipinski definition) is 8. The van der Waals surface area contributed by atoms with E-state index >= 15 is 0 Å². The SMILES string of the molecule is Cc1scnc1Cn1ncc2c3sc(CC(=N)/C=C\N)nc3n(C)c2c1=O. The van der Waals surface area contributed by atoms with E-state index in [2.05, 4.69) is 15.1 Å². The molecule has 0 saturated heterocycles. The quantitative estimate of drug-likeness (QED) is 0.499. The van der Waals surface area contributed by atoms with E-state index in [1.165, 1.54) is 22.2 Å². The van der Waals surface area contributed by atoms with Crippen molar-refractivity contribution in [2.75, 3.05) is 0 Å². The number of hydrogen-bond donors (Lipinski definition) is 2. The van der Waals surface area contributed by atoms with Crippen LogP contribution in [0.5, 0.6) is 0 Å². The normalized spacial score (nSPS) is 11.9. The molecule has 0 atom stereocenters. The van der Waals surface area contributed by atoms with E-state index in [0.717, 1.165) is 31.3 Å². The first kappa shape index (κ1) is 17.6. The maximum absolute atomic E-state index is 13.0. The third-order valence-electron chi connectivity index (χ3n) is 4.35. The van der Waals surface area contributed by atoms with Crippen LogP contribution in [0.4, 0.5) is 0 Å². The van der Waals surface area contributed by atoms with Crippen molar-refractivity contribution in [2.45, 2.75) is 19.9 Å². The second kappa shape index (κ2) is 6.71. The van der Waals surface area contributed by atoms with Gasteiger partial charge in [0.25, 0.3) is 5.56 Å². The van der Waals surface area contributed by atoms with Gasteiger partial charge in [-0.3, -0.25) is 4.79 Å². The summed E-state index contributed by atoms with van der Waals surface area (Å²) in [5.41, 5.74) is 9.51. The van der Waals surface area contributed by atoms with Gasteiger partial charge < -0.3 is 15.7 Å². The first-order valence-corrected chi connectivity index (χ1v) is 9.87. The van der Waals surface area contributed by atoms with E-state index in [1.54, 1.807) is 29.1 Å². The Kier molecular flexibility index (Phi) is 4.36. The van der Waals surface area contributed by atoms with Crippen molar-refractivity contribution in [3.63, 3.8) is 0 Å². The standard InChI is InChI=1S/C17H17N7OS2/c1-9-12(20-8-26-9)7-24-17(25)14-11(6-21-24)15-16(23(14)2)22-13(27-15)5-10(19)3-4-18/h3-4,6,8,19H,5,7,18H2,1-2H3/b4-3-,19-10?. The van der Waals surface area contributed by atoms with E-state index < -0.39 is 0 Å².